The number of allylic oxidation sites excluding steroid dienone is 10. The minimum atomic E-state index is 1.22. The SMILES string of the molecule is C1=CCCCCCCCCC/C=C/C=C\C=C\C=C\1. The first-order chi connectivity index (χ1) is 9.50. The molecule has 1 rings (SSSR count). The Hall–Kier alpha value is -1.30. The van der Waals surface area contributed by atoms with E-state index >= 15 is 0 Å². The van der Waals surface area contributed by atoms with E-state index in [-0.39, 0.29) is 0 Å². The summed E-state index contributed by atoms with van der Waals surface area (Å²) in [6.45, 7) is 0. The van der Waals surface area contributed by atoms with Gasteiger partial charge in [0.05, 0.1) is 0 Å². The fourth-order valence-corrected chi connectivity index (χ4v) is 2.14. The van der Waals surface area contributed by atoms with Crippen molar-refractivity contribution >= 4 is 0 Å². The van der Waals surface area contributed by atoms with Crippen molar-refractivity contribution in [1.29, 1.82) is 0 Å². The fraction of sp³-hybridized carbons (Fsp3) is 0.474. The van der Waals surface area contributed by atoms with E-state index in [1.807, 2.05) is 0 Å². The first-order valence-corrected chi connectivity index (χ1v) is 7.82. The third-order valence-electron chi connectivity index (χ3n) is 3.29. The van der Waals surface area contributed by atoms with E-state index < -0.39 is 0 Å². The number of rotatable bonds is 0. The van der Waals surface area contributed by atoms with Crippen molar-refractivity contribution in [3.05, 3.63) is 60.8 Å². The van der Waals surface area contributed by atoms with Crippen molar-refractivity contribution in [2.45, 2.75) is 57.8 Å². The molecule has 0 N–H and O–H groups in total. The molecule has 0 heterocycles. The summed E-state index contributed by atoms with van der Waals surface area (Å²) in [4.78, 5) is 0. The molecule has 0 aromatic rings. The first kappa shape index (κ1) is 15.8. The van der Waals surface area contributed by atoms with Crippen LogP contribution >= 0.6 is 0 Å². The molecule has 0 spiro atoms. The predicted octanol–water partition coefficient (Wildman–Crippen LogP) is 6.29. The molecule has 0 aromatic heterocycles. The Bertz CT molecular complexity index is 294. The summed E-state index contributed by atoms with van der Waals surface area (Å²) in [5.41, 5.74) is 0. The van der Waals surface area contributed by atoms with E-state index in [0.717, 1.165) is 0 Å². The van der Waals surface area contributed by atoms with Gasteiger partial charge in [0.25, 0.3) is 0 Å². The van der Waals surface area contributed by atoms with Crippen molar-refractivity contribution < 1.29 is 0 Å². The monoisotopic (exact) mass is 256 g/mol. The maximum absolute atomic E-state index is 2.27. The normalized spacial score (nSPS) is 26.5. The summed E-state index contributed by atoms with van der Waals surface area (Å²) in [7, 11) is 0. The molecule has 0 saturated carbocycles. The standard InChI is InChI=1S/C19H28/c1-2-4-6-8-10-12-14-16-18-19-17-15-13-11-9-7-5-3-1/h1-10H,11-19H2/b2-1+,5-3-,6-4+,9-7+,10-8?. The van der Waals surface area contributed by atoms with Crippen LogP contribution in [0.3, 0.4) is 0 Å². The molecule has 1 aliphatic rings. The second kappa shape index (κ2) is 13.1. The van der Waals surface area contributed by atoms with E-state index in [9.17, 15) is 0 Å². The summed E-state index contributed by atoms with van der Waals surface area (Å²) in [6.07, 6.45) is 33.5. The molecule has 0 amide bonds. The molecule has 0 saturated heterocycles. The van der Waals surface area contributed by atoms with Crippen LogP contribution in [0.2, 0.25) is 0 Å². The van der Waals surface area contributed by atoms with Gasteiger partial charge >= 0.3 is 0 Å². The molecule has 0 fully saturated rings. The molecule has 104 valence electrons. The van der Waals surface area contributed by atoms with Crippen molar-refractivity contribution in [1.82, 2.24) is 0 Å². The zero-order valence-electron chi connectivity index (χ0n) is 12.1. The average molecular weight is 256 g/mol. The Morgan fingerprint density at radius 3 is 1.05 bits per heavy atom. The Kier molecular flexibility index (Phi) is 10.9. The second-order valence-electron chi connectivity index (χ2n) is 5.06. The van der Waals surface area contributed by atoms with Crippen LogP contribution in [0.4, 0.5) is 0 Å². The van der Waals surface area contributed by atoms with Gasteiger partial charge in [0.1, 0.15) is 0 Å². The van der Waals surface area contributed by atoms with E-state index in [1.54, 1.807) is 0 Å². The highest BCUT2D eigenvalue weighted by atomic mass is 14.0. The highest BCUT2D eigenvalue weighted by Crippen LogP contribution is 2.10. The highest BCUT2D eigenvalue weighted by Gasteiger charge is 1.90. The Labute approximate surface area is 119 Å². The zero-order valence-corrected chi connectivity index (χ0v) is 12.1. The van der Waals surface area contributed by atoms with Crippen molar-refractivity contribution in [3.63, 3.8) is 0 Å². The van der Waals surface area contributed by atoms with Crippen LogP contribution in [-0.2, 0) is 0 Å². The third kappa shape index (κ3) is 11.5. The second-order valence-corrected chi connectivity index (χ2v) is 5.06. The molecule has 0 aliphatic heterocycles. The first-order valence-electron chi connectivity index (χ1n) is 7.82. The minimum Gasteiger partial charge on any atom is -0.0845 e. The number of hydrogen-bond donors (Lipinski definition) is 0. The summed E-state index contributed by atoms with van der Waals surface area (Å²) < 4.78 is 0. The van der Waals surface area contributed by atoms with Gasteiger partial charge in [-0.25, -0.2) is 0 Å². The smallest absolute Gasteiger partial charge is 0.0348 e. The molecule has 0 radical (unpaired) electrons. The predicted molar refractivity (Wildman–Crippen MR) is 87.3 cm³/mol. The molecular formula is C19H28. The van der Waals surface area contributed by atoms with Gasteiger partial charge in [0.15, 0.2) is 0 Å². The molecule has 0 bridgehead atoms. The van der Waals surface area contributed by atoms with Crippen LogP contribution in [0.25, 0.3) is 0 Å². The van der Waals surface area contributed by atoms with Gasteiger partial charge in [0, 0.05) is 0 Å². The molecule has 0 atom stereocenters. The quantitative estimate of drug-likeness (QED) is 0.477. The molecule has 0 aromatic carbocycles. The molecule has 1 aliphatic carbocycles. The van der Waals surface area contributed by atoms with E-state index in [4.69, 9.17) is 0 Å². The zero-order chi connectivity index (χ0) is 13.4. The maximum Gasteiger partial charge on any atom is -0.0348 e. The van der Waals surface area contributed by atoms with Gasteiger partial charge in [-0.2, -0.15) is 0 Å². The molecule has 19 heavy (non-hydrogen) atoms. The lowest BCUT2D eigenvalue weighted by molar-refractivity contribution is 0.583. The van der Waals surface area contributed by atoms with Crippen molar-refractivity contribution in [2.24, 2.45) is 0 Å². The van der Waals surface area contributed by atoms with Gasteiger partial charge < -0.3 is 0 Å². The Balaban J connectivity index is 2.33. The summed E-state index contributed by atoms with van der Waals surface area (Å²) in [5.74, 6) is 0. The molecule has 0 nitrogen and oxygen atoms in total. The minimum absolute atomic E-state index is 1.22. The molecule has 0 heteroatoms. The van der Waals surface area contributed by atoms with Gasteiger partial charge in [-0.1, -0.05) is 92.9 Å². The summed E-state index contributed by atoms with van der Waals surface area (Å²) >= 11 is 0. The summed E-state index contributed by atoms with van der Waals surface area (Å²) in [6, 6.07) is 0. The summed E-state index contributed by atoms with van der Waals surface area (Å²) in [5, 5.41) is 0. The molecule has 0 unspecified atom stereocenters. The van der Waals surface area contributed by atoms with Crippen LogP contribution in [-0.4, -0.2) is 0 Å². The molecular weight excluding hydrogens is 228 g/mol. The highest BCUT2D eigenvalue weighted by molar-refractivity contribution is 5.17. The van der Waals surface area contributed by atoms with Crippen LogP contribution in [0, 0.1) is 0 Å². The van der Waals surface area contributed by atoms with E-state index in [2.05, 4.69) is 60.8 Å². The van der Waals surface area contributed by atoms with Crippen LogP contribution in [0.15, 0.2) is 60.8 Å². The van der Waals surface area contributed by atoms with E-state index in [0.29, 0.717) is 0 Å². The third-order valence-corrected chi connectivity index (χ3v) is 3.29. The fourth-order valence-electron chi connectivity index (χ4n) is 2.14. The van der Waals surface area contributed by atoms with Gasteiger partial charge in [0.2, 0.25) is 0 Å². The van der Waals surface area contributed by atoms with Crippen LogP contribution < -0.4 is 0 Å². The topological polar surface area (TPSA) is 0 Å². The largest absolute Gasteiger partial charge is 0.0845 e. The lowest BCUT2D eigenvalue weighted by Gasteiger charge is -1.99. The van der Waals surface area contributed by atoms with Crippen LogP contribution in [0.1, 0.15) is 57.8 Å². The Morgan fingerprint density at radius 2 is 0.632 bits per heavy atom. The van der Waals surface area contributed by atoms with E-state index in [1.165, 1.54) is 57.8 Å². The van der Waals surface area contributed by atoms with Crippen molar-refractivity contribution in [3.8, 4) is 0 Å². The van der Waals surface area contributed by atoms with Gasteiger partial charge in [-0.05, 0) is 25.7 Å². The lowest BCUT2D eigenvalue weighted by atomic mass is 10.1. The maximum atomic E-state index is 2.27. The average Bonchev–Trinajstić information content (AvgIpc) is 2.43. The Morgan fingerprint density at radius 1 is 0.316 bits per heavy atom. The van der Waals surface area contributed by atoms with Gasteiger partial charge in [-0.3, -0.25) is 0 Å². The van der Waals surface area contributed by atoms with Crippen LogP contribution in [0.5, 0.6) is 0 Å². The van der Waals surface area contributed by atoms with Crippen molar-refractivity contribution in [2.75, 3.05) is 0 Å². The van der Waals surface area contributed by atoms with Gasteiger partial charge in [-0.15, -0.1) is 0 Å². The lowest BCUT2D eigenvalue weighted by Crippen LogP contribution is -1.80. The number of hydrogen-bond acceptors (Lipinski definition) is 0.